The lowest BCUT2D eigenvalue weighted by atomic mass is 10.2. The smallest absolute Gasteiger partial charge is 0.135 e. The SMILES string of the molecule is COCC(C)CNc1cc(N)nc(C(C)C)n1. The zero-order chi connectivity index (χ0) is 12.8. The maximum atomic E-state index is 5.75. The minimum atomic E-state index is 0.274. The summed E-state index contributed by atoms with van der Waals surface area (Å²) in [5.41, 5.74) is 5.75. The van der Waals surface area contributed by atoms with Gasteiger partial charge in [0.05, 0.1) is 6.61 Å². The Morgan fingerprint density at radius 1 is 1.35 bits per heavy atom. The Hall–Kier alpha value is -1.36. The summed E-state index contributed by atoms with van der Waals surface area (Å²) in [5.74, 6) is 2.76. The van der Waals surface area contributed by atoms with Crippen LogP contribution in [0.1, 0.15) is 32.5 Å². The average Bonchev–Trinajstić information content (AvgIpc) is 2.26. The van der Waals surface area contributed by atoms with Gasteiger partial charge in [0.1, 0.15) is 17.5 Å². The van der Waals surface area contributed by atoms with Crippen molar-refractivity contribution < 1.29 is 4.74 Å². The predicted octanol–water partition coefficient (Wildman–Crippen LogP) is 1.88. The quantitative estimate of drug-likeness (QED) is 0.791. The van der Waals surface area contributed by atoms with Crippen LogP contribution in [0.25, 0.3) is 0 Å². The molecule has 5 heteroatoms. The highest BCUT2D eigenvalue weighted by Crippen LogP contribution is 2.15. The summed E-state index contributed by atoms with van der Waals surface area (Å²) >= 11 is 0. The molecule has 0 aliphatic heterocycles. The Bertz CT molecular complexity index is 354. The molecule has 0 spiro atoms. The summed E-state index contributed by atoms with van der Waals surface area (Å²) < 4.78 is 5.08. The van der Waals surface area contributed by atoms with E-state index in [0.29, 0.717) is 11.7 Å². The van der Waals surface area contributed by atoms with Crippen LogP contribution in [0.15, 0.2) is 6.07 Å². The molecule has 0 fully saturated rings. The van der Waals surface area contributed by atoms with Crippen molar-refractivity contribution >= 4 is 11.6 Å². The van der Waals surface area contributed by atoms with E-state index >= 15 is 0 Å². The third-order valence-electron chi connectivity index (χ3n) is 2.36. The summed E-state index contributed by atoms with van der Waals surface area (Å²) in [6, 6.07) is 1.76. The van der Waals surface area contributed by atoms with E-state index in [2.05, 4.69) is 22.2 Å². The molecule has 0 amide bonds. The monoisotopic (exact) mass is 238 g/mol. The highest BCUT2D eigenvalue weighted by molar-refractivity contribution is 5.44. The van der Waals surface area contributed by atoms with E-state index in [1.165, 1.54) is 0 Å². The maximum Gasteiger partial charge on any atom is 0.135 e. The lowest BCUT2D eigenvalue weighted by Gasteiger charge is -2.13. The second kappa shape index (κ2) is 6.39. The second-order valence-corrected chi connectivity index (χ2v) is 4.63. The van der Waals surface area contributed by atoms with Crippen LogP contribution < -0.4 is 11.1 Å². The zero-order valence-electron chi connectivity index (χ0n) is 11.0. The minimum Gasteiger partial charge on any atom is -0.384 e. The molecule has 0 saturated heterocycles. The van der Waals surface area contributed by atoms with E-state index < -0.39 is 0 Å². The Balaban J connectivity index is 2.64. The van der Waals surface area contributed by atoms with E-state index in [9.17, 15) is 0 Å². The number of nitrogens with one attached hydrogen (secondary N) is 1. The van der Waals surface area contributed by atoms with E-state index in [0.717, 1.165) is 24.8 Å². The van der Waals surface area contributed by atoms with Crippen molar-refractivity contribution in [2.24, 2.45) is 5.92 Å². The minimum absolute atomic E-state index is 0.274. The number of nitrogens with zero attached hydrogens (tertiary/aromatic N) is 2. The molecule has 17 heavy (non-hydrogen) atoms. The fourth-order valence-corrected chi connectivity index (χ4v) is 1.46. The summed E-state index contributed by atoms with van der Waals surface area (Å²) in [6.45, 7) is 7.75. The summed E-state index contributed by atoms with van der Waals surface area (Å²) in [4.78, 5) is 8.62. The van der Waals surface area contributed by atoms with Gasteiger partial charge in [-0.2, -0.15) is 0 Å². The van der Waals surface area contributed by atoms with Crippen molar-refractivity contribution in [2.75, 3.05) is 31.3 Å². The molecular weight excluding hydrogens is 216 g/mol. The first-order valence-corrected chi connectivity index (χ1v) is 5.90. The van der Waals surface area contributed by atoms with Gasteiger partial charge in [-0.15, -0.1) is 0 Å². The van der Waals surface area contributed by atoms with E-state index in [-0.39, 0.29) is 5.92 Å². The van der Waals surface area contributed by atoms with Gasteiger partial charge in [0.25, 0.3) is 0 Å². The number of aromatic nitrogens is 2. The van der Waals surface area contributed by atoms with Crippen molar-refractivity contribution in [1.29, 1.82) is 0 Å². The maximum absolute atomic E-state index is 5.75. The topological polar surface area (TPSA) is 73.1 Å². The van der Waals surface area contributed by atoms with Gasteiger partial charge in [-0.1, -0.05) is 20.8 Å². The molecule has 0 aliphatic carbocycles. The molecular formula is C12H22N4O. The molecule has 3 N–H and O–H groups in total. The molecule has 1 unspecified atom stereocenters. The number of rotatable bonds is 6. The standard InChI is InChI=1S/C12H22N4O/c1-8(2)12-15-10(13)5-11(16-12)14-6-9(3)7-17-4/h5,8-9H,6-7H2,1-4H3,(H3,13,14,15,16). The Kier molecular flexibility index (Phi) is 5.15. The van der Waals surface area contributed by atoms with Gasteiger partial charge in [0, 0.05) is 25.6 Å². The fraction of sp³-hybridized carbons (Fsp3) is 0.667. The summed E-state index contributed by atoms with van der Waals surface area (Å²) in [6.07, 6.45) is 0. The largest absolute Gasteiger partial charge is 0.384 e. The van der Waals surface area contributed by atoms with E-state index in [1.807, 2.05) is 13.8 Å². The zero-order valence-corrected chi connectivity index (χ0v) is 11.0. The first-order chi connectivity index (χ1) is 8.02. The van der Waals surface area contributed by atoms with Crippen molar-refractivity contribution in [3.8, 4) is 0 Å². The van der Waals surface area contributed by atoms with Gasteiger partial charge < -0.3 is 15.8 Å². The van der Waals surface area contributed by atoms with Gasteiger partial charge in [0.15, 0.2) is 0 Å². The molecule has 5 nitrogen and oxygen atoms in total. The van der Waals surface area contributed by atoms with Crippen LogP contribution >= 0.6 is 0 Å². The lowest BCUT2D eigenvalue weighted by Crippen LogP contribution is -2.17. The van der Waals surface area contributed by atoms with Crippen LogP contribution in [0.4, 0.5) is 11.6 Å². The van der Waals surface area contributed by atoms with Gasteiger partial charge >= 0.3 is 0 Å². The van der Waals surface area contributed by atoms with Gasteiger partial charge in [-0.05, 0) is 5.92 Å². The number of hydrogen-bond donors (Lipinski definition) is 2. The first kappa shape index (κ1) is 13.7. The molecule has 1 rings (SSSR count). The molecule has 0 aromatic carbocycles. The van der Waals surface area contributed by atoms with Gasteiger partial charge in [-0.3, -0.25) is 0 Å². The van der Waals surface area contributed by atoms with E-state index in [1.54, 1.807) is 13.2 Å². The summed E-state index contributed by atoms with van der Waals surface area (Å²) in [5, 5.41) is 3.25. The van der Waals surface area contributed by atoms with E-state index in [4.69, 9.17) is 10.5 Å². The molecule has 96 valence electrons. The van der Waals surface area contributed by atoms with Crippen LogP contribution in [0.5, 0.6) is 0 Å². The molecule has 0 radical (unpaired) electrons. The number of methoxy groups -OCH3 is 1. The number of hydrogen-bond acceptors (Lipinski definition) is 5. The lowest BCUT2D eigenvalue weighted by molar-refractivity contribution is 0.164. The van der Waals surface area contributed by atoms with Crippen molar-refractivity contribution in [2.45, 2.75) is 26.7 Å². The molecule has 0 bridgehead atoms. The van der Waals surface area contributed by atoms with Crippen LogP contribution in [0.2, 0.25) is 0 Å². The third-order valence-corrected chi connectivity index (χ3v) is 2.36. The first-order valence-electron chi connectivity index (χ1n) is 5.90. The highest BCUT2D eigenvalue weighted by atomic mass is 16.5. The predicted molar refractivity (Wildman–Crippen MR) is 70.1 cm³/mol. The Morgan fingerprint density at radius 2 is 2.06 bits per heavy atom. The van der Waals surface area contributed by atoms with Crippen LogP contribution in [-0.4, -0.2) is 30.2 Å². The van der Waals surface area contributed by atoms with Crippen molar-refractivity contribution in [3.63, 3.8) is 0 Å². The number of ether oxygens (including phenoxy) is 1. The third kappa shape index (κ3) is 4.56. The van der Waals surface area contributed by atoms with Crippen molar-refractivity contribution in [3.05, 3.63) is 11.9 Å². The van der Waals surface area contributed by atoms with Gasteiger partial charge in [0.2, 0.25) is 0 Å². The van der Waals surface area contributed by atoms with Crippen LogP contribution in [0.3, 0.4) is 0 Å². The molecule has 1 aromatic heterocycles. The molecule has 1 heterocycles. The molecule has 1 aromatic rings. The number of anilines is 2. The van der Waals surface area contributed by atoms with Crippen molar-refractivity contribution in [1.82, 2.24) is 9.97 Å². The van der Waals surface area contributed by atoms with Gasteiger partial charge in [-0.25, -0.2) is 9.97 Å². The summed E-state index contributed by atoms with van der Waals surface area (Å²) in [7, 11) is 1.70. The van der Waals surface area contributed by atoms with Crippen LogP contribution in [0, 0.1) is 5.92 Å². The number of nitrogen functional groups attached to an aromatic ring is 1. The molecule has 0 aliphatic rings. The Morgan fingerprint density at radius 3 is 2.65 bits per heavy atom. The number of nitrogens with two attached hydrogens (primary N) is 1. The average molecular weight is 238 g/mol. The fourth-order valence-electron chi connectivity index (χ4n) is 1.46. The second-order valence-electron chi connectivity index (χ2n) is 4.63. The molecule has 1 atom stereocenters. The Labute approximate surface area is 103 Å². The highest BCUT2D eigenvalue weighted by Gasteiger charge is 2.07. The molecule has 0 saturated carbocycles. The normalized spacial score (nSPS) is 12.8. The van der Waals surface area contributed by atoms with Crippen LogP contribution in [-0.2, 0) is 4.74 Å².